The van der Waals surface area contributed by atoms with Crippen molar-refractivity contribution in [2.45, 2.75) is 4.90 Å². The molecule has 0 aliphatic carbocycles. The molecule has 0 aliphatic rings. The molecule has 0 radical (unpaired) electrons. The normalized spacial score (nSPS) is 11.2. The first-order valence-corrected chi connectivity index (χ1v) is 7.99. The minimum Gasteiger partial charge on any atom is -0.497 e. The van der Waals surface area contributed by atoms with Crippen molar-refractivity contribution in [1.29, 1.82) is 0 Å². The number of sulfonamides is 1. The van der Waals surface area contributed by atoms with Gasteiger partial charge < -0.3 is 10.5 Å². The summed E-state index contributed by atoms with van der Waals surface area (Å²) in [5, 5.41) is 0.301. The van der Waals surface area contributed by atoms with Crippen LogP contribution in [0.4, 0.5) is 11.4 Å². The minimum absolute atomic E-state index is 0.0655. The van der Waals surface area contributed by atoms with Gasteiger partial charge in [-0.25, -0.2) is 8.42 Å². The van der Waals surface area contributed by atoms with Crippen molar-refractivity contribution in [3.8, 4) is 5.75 Å². The Morgan fingerprint density at radius 1 is 1.10 bits per heavy atom. The predicted molar refractivity (Wildman–Crippen MR) is 84.7 cm³/mol. The van der Waals surface area contributed by atoms with Gasteiger partial charge in [-0.05, 0) is 30.3 Å². The van der Waals surface area contributed by atoms with Crippen molar-refractivity contribution in [2.24, 2.45) is 0 Å². The molecule has 0 fully saturated rings. The number of benzene rings is 2. The van der Waals surface area contributed by atoms with Crippen LogP contribution in [-0.4, -0.2) is 15.5 Å². The first-order valence-electron chi connectivity index (χ1n) is 5.75. The van der Waals surface area contributed by atoms with Crippen molar-refractivity contribution in [1.82, 2.24) is 0 Å². The minimum atomic E-state index is -3.92. The summed E-state index contributed by atoms with van der Waals surface area (Å²) < 4.78 is 32.2. The summed E-state index contributed by atoms with van der Waals surface area (Å²) in [4.78, 5) is -0.122. The van der Waals surface area contributed by atoms with E-state index in [9.17, 15) is 8.42 Å². The van der Waals surface area contributed by atoms with Gasteiger partial charge in [-0.2, -0.15) is 0 Å². The Hall–Kier alpha value is -1.63. The number of halogens is 2. The standard InChI is InChI=1S/C13H12Cl2N2O3S/c1-20-9-3-5-10(14)12(7-9)17-21(18,19)13-6-8(16)2-4-11(13)15/h2-7,17H,16H2,1H3. The molecule has 5 nitrogen and oxygen atoms in total. The number of ether oxygens (including phenoxy) is 1. The highest BCUT2D eigenvalue weighted by atomic mass is 35.5. The average Bonchev–Trinajstić information content (AvgIpc) is 2.43. The summed E-state index contributed by atoms with van der Waals surface area (Å²) in [6.07, 6.45) is 0. The summed E-state index contributed by atoms with van der Waals surface area (Å²) >= 11 is 11.9. The molecule has 0 saturated heterocycles. The molecule has 2 aromatic carbocycles. The van der Waals surface area contributed by atoms with Crippen LogP contribution in [-0.2, 0) is 10.0 Å². The molecule has 2 rings (SSSR count). The molecule has 2 aromatic rings. The molecule has 0 aromatic heterocycles. The van der Waals surface area contributed by atoms with Crippen LogP contribution in [0.2, 0.25) is 10.0 Å². The van der Waals surface area contributed by atoms with Gasteiger partial charge in [0.15, 0.2) is 0 Å². The first kappa shape index (κ1) is 15.8. The number of nitrogens with two attached hydrogens (primary N) is 1. The second-order valence-electron chi connectivity index (χ2n) is 4.14. The number of nitrogens with one attached hydrogen (secondary N) is 1. The number of anilines is 2. The second kappa shape index (κ2) is 6.01. The molecular weight excluding hydrogens is 335 g/mol. The molecule has 0 unspecified atom stereocenters. The Labute approximate surface area is 132 Å². The van der Waals surface area contributed by atoms with Gasteiger partial charge in [0.25, 0.3) is 10.0 Å². The third kappa shape index (κ3) is 3.53. The maximum absolute atomic E-state index is 12.4. The third-order valence-corrected chi connectivity index (χ3v) is 4.84. The van der Waals surface area contributed by atoms with Crippen molar-refractivity contribution in [3.63, 3.8) is 0 Å². The van der Waals surface area contributed by atoms with E-state index in [2.05, 4.69) is 4.72 Å². The summed E-state index contributed by atoms with van der Waals surface area (Å²) in [5.74, 6) is 0.468. The summed E-state index contributed by atoms with van der Waals surface area (Å²) in [6.45, 7) is 0. The molecule has 21 heavy (non-hydrogen) atoms. The topological polar surface area (TPSA) is 81.4 Å². The molecule has 0 heterocycles. The van der Waals surface area contributed by atoms with Gasteiger partial charge >= 0.3 is 0 Å². The number of methoxy groups -OCH3 is 1. The number of hydrogen-bond acceptors (Lipinski definition) is 4. The van der Waals surface area contributed by atoms with Gasteiger partial charge in [-0.15, -0.1) is 0 Å². The van der Waals surface area contributed by atoms with E-state index in [1.165, 1.54) is 37.4 Å². The van der Waals surface area contributed by atoms with Crippen LogP contribution in [0, 0.1) is 0 Å². The molecule has 112 valence electrons. The largest absolute Gasteiger partial charge is 0.497 e. The molecule has 8 heteroatoms. The van der Waals surface area contributed by atoms with Crippen LogP contribution >= 0.6 is 23.2 Å². The smallest absolute Gasteiger partial charge is 0.263 e. The summed E-state index contributed by atoms with van der Waals surface area (Å²) in [5.41, 5.74) is 6.07. The monoisotopic (exact) mass is 346 g/mol. The van der Waals surface area contributed by atoms with Crippen molar-refractivity contribution < 1.29 is 13.2 Å². The molecule has 0 amide bonds. The van der Waals surface area contributed by atoms with E-state index >= 15 is 0 Å². The van der Waals surface area contributed by atoms with Crippen LogP contribution in [0.25, 0.3) is 0 Å². The maximum atomic E-state index is 12.4. The lowest BCUT2D eigenvalue weighted by Crippen LogP contribution is -2.14. The number of rotatable bonds is 4. The van der Waals surface area contributed by atoms with E-state index in [0.29, 0.717) is 5.75 Å². The maximum Gasteiger partial charge on any atom is 0.263 e. The second-order valence-corrected chi connectivity index (χ2v) is 6.61. The van der Waals surface area contributed by atoms with Gasteiger partial charge in [0.05, 0.1) is 22.8 Å². The van der Waals surface area contributed by atoms with Crippen LogP contribution < -0.4 is 15.2 Å². The fourth-order valence-electron chi connectivity index (χ4n) is 1.64. The van der Waals surface area contributed by atoms with E-state index in [1.807, 2.05) is 0 Å². The fraction of sp³-hybridized carbons (Fsp3) is 0.0769. The highest BCUT2D eigenvalue weighted by Crippen LogP contribution is 2.31. The Bertz CT molecular complexity index is 779. The number of hydrogen-bond donors (Lipinski definition) is 2. The van der Waals surface area contributed by atoms with E-state index in [-0.39, 0.29) is 26.3 Å². The van der Waals surface area contributed by atoms with Crippen molar-refractivity contribution >= 4 is 44.6 Å². The van der Waals surface area contributed by atoms with Gasteiger partial charge in [-0.1, -0.05) is 23.2 Å². The average molecular weight is 347 g/mol. The highest BCUT2D eigenvalue weighted by molar-refractivity contribution is 7.92. The van der Waals surface area contributed by atoms with Gasteiger partial charge in [-0.3, -0.25) is 4.72 Å². The van der Waals surface area contributed by atoms with Crippen molar-refractivity contribution in [3.05, 3.63) is 46.4 Å². The van der Waals surface area contributed by atoms with E-state index in [0.717, 1.165) is 0 Å². The Balaban J connectivity index is 2.44. The van der Waals surface area contributed by atoms with Gasteiger partial charge in [0, 0.05) is 11.8 Å². The molecule has 0 aliphatic heterocycles. The lowest BCUT2D eigenvalue weighted by atomic mass is 10.3. The molecule has 0 saturated carbocycles. The molecular formula is C13H12Cl2N2O3S. The zero-order chi connectivity index (χ0) is 15.6. The highest BCUT2D eigenvalue weighted by Gasteiger charge is 2.20. The van der Waals surface area contributed by atoms with E-state index in [4.69, 9.17) is 33.7 Å². The Morgan fingerprint density at radius 3 is 2.43 bits per heavy atom. The number of nitrogen functional groups attached to an aromatic ring is 1. The lowest BCUT2D eigenvalue weighted by Gasteiger charge is -2.12. The molecule has 3 N–H and O–H groups in total. The van der Waals surface area contributed by atoms with Crippen LogP contribution in [0.3, 0.4) is 0 Å². The zero-order valence-corrected chi connectivity index (χ0v) is 13.3. The summed E-state index contributed by atoms with van der Waals surface area (Å²) in [7, 11) is -2.45. The third-order valence-electron chi connectivity index (χ3n) is 2.66. The Kier molecular flexibility index (Phi) is 4.51. The first-order chi connectivity index (χ1) is 9.83. The quantitative estimate of drug-likeness (QED) is 0.831. The van der Waals surface area contributed by atoms with Gasteiger partial charge in [0.1, 0.15) is 10.6 Å². The van der Waals surface area contributed by atoms with Crippen LogP contribution in [0.1, 0.15) is 0 Å². The molecule has 0 bridgehead atoms. The van der Waals surface area contributed by atoms with Crippen LogP contribution in [0.5, 0.6) is 5.75 Å². The molecule has 0 spiro atoms. The zero-order valence-electron chi connectivity index (χ0n) is 10.9. The van der Waals surface area contributed by atoms with Crippen LogP contribution in [0.15, 0.2) is 41.3 Å². The summed E-state index contributed by atoms with van der Waals surface area (Å²) in [6, 6.07) is 8.82. The van der Waals surface area contributed by atoms with E-state index in [1.54, 1.807) is 6.07 Å². The van der Waals surface area contributed by atoms with Gasteiger partial charge in [0.2, 0.25) is 0 Å². The van der Waals surface area contributed by atoms with E-state index < -0.39 is 10.0 Å². The van der Waals surface area contributed by atoms with Crippen molar-refractivity contribution in [2.75, 3.05) is 17.6 Å². The SMILES string of the molecule is COc1ccc(Cl)c(NS(=O)(=O)c2cc(N)ccc2Cl)c1. The lowest BCUT2D eigenvalue weighted by molar-refractivity contribution is 0.415. The predicted octanol–water partition coefficient (Wildman–Crippen LogP) is 3.39. The Morgan fingerprint density at radius 2 is 1.76 bits per heavy atom. The molecule has 0 atom stereocenters. The fourth-order valence-corrected chi connectivity index (χ4v) is 3.46.